The number of aliphatic imine (C=N–C) groups is 1. The molecule has 0 aliphatic rings. The Morgan fingerprint density at radius 2 is 1.58 bits per heavy atom. The molecule has 0 N–H and O–H groups in total. The second kappa shape index (κ2) is 6.93. The van der Waals surface area contributed by atoms with E-state index < -0.39 is 0 Å². The van der Waals surface area contributed by atoms with Crippen LogP contribution in [0.4, 0.5) is 5.69 Å². The summed E-state index contributed by atoms with van der Waals surface area (Å²) in [6.07, 6.45) is 3.97. The molecule has 0 atom stereocenters. The van der Waals surface area contributed by atoms with E-state index in [1.807, 2.05) is 24.4 Å². The van der Waals surface area contributed by atoms with Gasteiger partial charge in [-0.3, -0.25) is 0 Å². The molecular formula is C24H21N2+. The van der Waals surface area contributed by atoms with E-state index in [2.05, 4.69) is 90.4 Å². The molecule has 3 aromatic carbocycles. The van der Waals surface area contributed by atoms with Crippen LogP contribution in [0.1, 0.15) is 11.1 Å². The second-order valence-corrected chi connectivity index (χ2v) is 6.51. The van der Waals surface area contributed by atoms with Crippen molar-refractivity contribution >= 4 is 22.7 Å². The molecule has 0 aliphatic heterocycles. The van der Waals surface area contributed by atoms with Gasteiger partial charge in [-0.05, 0) is 41.0 Å². The maximum Gasteiger partial charge on any atom is 0.212 e. The lowest BCUT2D eigenvalue weighted by Crippen LogP contribution is -2.30. The summed E-state index contributed by atoms with van der Waals surface area (Å²) in [5, 5.41) is 2.58. The average molecular weight is 337 g/mol. The van der Waals surface area contributed by atoms with Gasteiger partial charge in [0.05, 0.1) is 0 Å². The minimum Gasteiger partial charge on any atom is -0.250 e. The fourth-order valence-corrected chi connectivity index (χ4v) is 3.34. The van der Waals surface area contributed by atoms with Gasteiger partial charge in [-0.1, -0.05) is 60.7 Å². The molecule has 0 saturated heterocycles. The Bertz CT molecular complexity index is 1100. The van der Waals surface area contributed by atoms with Gasteiger partial charge in [0.1, 0.15) is 12.7 Å². The second-order valence-electron chi connectivity index (χ2n) is 6.51. The topological polar surface area (TPSA) is 16.2 Å². The molecule has 4 rings (SSSR count). The van der Waals surface area contributed by atoms with Crippen molar-refractivity contribution in [3.8, 4) is 11.3 Å². The summed E-state index contributed by atoms with van der Waals surface area (Å²) >= 11 is 0. The van der Waals surface area contributed by atoms with Crippen LogP contribution in [-0.2, 0) is 7.05 Å². The van der Waals surface area contributed by atoms with Crippen LogP contribution in [-0.4, -0.2) is 6.21 Å². The zero-order valence-electron chi connectivity index (χ0n) is 15.1. The van der Waals surface area contributed by atoms with E-state index in [-0.39, 0.29) is 0 Å². The molecule has 0 bridgehead atoms. The first-order valence-electron chi connectivity index (χ1n) is 8.80. The van der Waals surface area contributed by atoms with Gasteiger partial charge in [0.25, 0.3) is 0 Å². The van der Waals surface area contributed by atoms with Crippen molar-refractivity contribution < 1.29 is 4.57 Å². The molecule has 0 saturated carbocycles. The Kier molecular flexibility index (Phi) is 4.32. The average Bonchev–Trinajstić information content (AvgIpc) is 2.68. The number of aryl methyl sites for hydroxylation is 2. The van der Waals surface area contributed by atoms with Gasteiger partial charge in [-0.25, -0.2) is 4.99 Å². The molecule has 26 heavy (non-hydrogen) atoms. The third-order valence-electron chi connectivity index (χ3n) is 4.75. The number of rotatable bonds is 3. The van der Waals surface area contributed by atoms with Crippen LogP contribution in [0.3, 0.4) is 0 Å². The summed E-state index contributed by atoms with van der Waals surface area (Å²) in [4.78, 5) is 4.60. The first kappa shape index (κ1) is 16.2. The summed E-state index contributed by atoms with van der Waals surface area (Å²) in [5.74, 6) is 0. The lowest BCUT2D eigenvalue weighted by atomic mass is 9.97. The van der Waals surface area contributed by atoms with E-state index >= 15 is 0 Å². The van der Waals surface area contributed by atoms with Crippen LogP contribution in [0.2, 0.25) is 0 Å². The van der Waals surface area contributed by atoms with Crippen molar-refractivity contribution in [3.05, 3.63) is 96.2 Å². The van der Waals surface area contributed by atoms with Crippen LogP contribution in [0.5, 0.6) is 0 Å². The molecule has 2 nitrogen and oxygen atoms in total. The van der Waals surface area contributed by atoms with Crippen molar-refractivity contribution in [2.45, 2.75) is 6.92 Å². The first-order valence-corrected chi connectivity index (χ1v) is 8.80. The molecule has 0 fully saturated rings. The van der Waals surface area contributed by atoms with Crippen LogP contribution in [0.25, 0.3) is 22.0 Å². The van der Waals surface area contributed by atoms with Crippen molar-refractivity contribution in [3.63, 3.8) is 0 Å². The zero-order chi connectivity index (χ0) is 17.9. The standard InChI is InChI=1S/C24H21N2/c1-18-22-11-7-6-10-20(22)12-14-23(18)24-15-13-21(17-26(24)2)25-16-19-8-4-3-5-9-19/h3-17H,1-2H3/q+1. The Hall–Kier alpha value is -3.26. The van der Waals surface area contributed by atoms with Crippen LogP contribution in [0.15, 0.2) is 90.1 Å². The van der Waals surface area contributed by atoms with Crippen molar-refractivity contribution in [2.24, 2.45) is 12.0 Å². The van der Waals surface area contributed by atoms with E-state index in [4.69, 9.17) is 0 Å². The number of aromatic nitrogens is 1. The predicted octanol–water partition coefficient (Wildman–Crippen LogP) is 5.39. The summed E-state index contributed by atoms with van der Waals surface area (Å²) in [6.45, 7) is 2.19. The van der Waals surface area contributed by atoms with Gasteiger partial charge in [0, 0.05) is 17.8 Å². The largest absolute Gasteiger partial charge is 0.250 e. The van der Waals surface area contributed by atoms with Gasteiger partial charge in [-0.15, -0.1) is 0 Å². The van der Waals surface area contributed by atoms with E-state index in [1.165, 1.54) is 27.6 Å². The molecular weight excluding hydrogens is 316 g/mol. The quantitative estimate of drug-likeness (QED) is 0.352. The monoisotopic (exact) mass is 337 g/mol. The highest BCUT2D eigenvalue weighted by Gasteiger charge is 2.14. The highest BCUT2D eigenvalue weighted by molar-refractivity contribution is 5.90. The molecule has 0 spiro atoms. The zero-order valence-corrected chi connectivity index (χ0v) is 15.1. The fraction of sp³-hybridized carbons (Fsp3) is 0.0833. The van der Waals surface area contributed by atoms with Gasteiger partial charge in [0.2, 0.25) is 5.69 Å². The lowest BCUT2D eigenvalue weighted by Gasteiger charge is -2.08. The number of hydrogen-bond acceptors (Lipinski definition) is 1. The molecule has 0 unspecified atom stereocenters. The summed E-state index contributed by atoms with van der Waals surface area (Å²) in [5.41, 5.74) is 5.79. The van der Waals surface area contributed by atoms with E-state index in [1.54, 1.807) is 0 Å². The Morgan fingerprint density at radius 3 is 2.38 bits per heavy atom. The lowest BCUT2D eigenvalue weighted by molar-refractivity contribution is -0.659. The fourth-order valence-electron chi connectivity index (χ4n) is 3.34. The smallest absolute Gasteiger partial charge is 0.212 e. The highest BCUT2D eigenvalue weighted by atomic mass is 14.9. The van der Waals surface area contributed by atoms with Crippen molar-refractivity contribution in [1.82, 2.24) is 0 Å². The predicted molar refractivity (Wildman–Crippen MR) is 109 cm³/mol. The summed E-state index contributed by atoms with van der Waals surface area (Å²) < 4.78 is 2.15. The van der Waals surface area contributed by atoms with Crippen molar-refractivity contribution in [2.75, 3.05) is 0 Å². The molecule has 0 amide bonds. The maximum atomic E-state index is 4.60. The van der Waals surface area contributed by atoms with Gasteiger partial charge >= 0.3 is 0 Å². The van der Waals surface area contributed by atoms with Crippen LogP contribution in [0, 0.1) is 6.92 Å². The van der Waals surface area contributed by atoms with E-state index in [0.717, 1.165) is 11.3 Å². The molecule has 2 heteroatoms. The maximum absolute atomic E-state index is 4.60. The highest BCUT2D eigenvalue weighted by Crippen LogP contribution is 2.28. The first-order chi connectivity index (χ1) is 12.7. The third-order valence-corrected chi connectivity index (χ3v) is 4.75. The van der Waals surface area contributed by atoms with Gasteiger partial charge < -0.3 is 0 Å². The molecule has 4 aromatic rings. The van der Waals surface area contributed by atoms with Crippen LogP contribution < -0.4 is 4.57 Å². The molecule has 1 aromatic heterocycles. The molecule has 0 radical (unpaired) electrons. The van der Waals surface area contributed by atoms with Crippen LogP contribution >= 0.6 is 0 Å². The Morgan fingerprint density at radius 1 is 0.808 bits per heavy atom. The van der Waals surface area contributed by atoms with E-state index in [0.29, 0.717) is 0 Å². The molecule has 1 heterocycles. The normalized spacial score (nSPS) is 11.3. The molecule has 126 valence electrons. The van der Waals surface area contributed by atoms with Crippen molar-refractivity contribution in [1.29, 1.82) is 0 Å². The number of fused-ring (bicyclic) bond motifs is 1. The third kappa shape index (κ3) is 3.14. The number of pyridine rings is 1. The van der Waals surface area contributed by atoms with E-state index in [9.17, 15) is 0 Å². The molecule has 0 aliphatic carbocycles. The Balaban J connectivity index is 1.71. The summed E-state index contributed by atoms with van der Waals surface area (Å²) in [7, 11) is 2.07. The minimum atomic E-state index is 0.943. The number of benzene rings is 3. The van der Waals surface area contributed by atoms with Gasteiger partial charge in [-0.2, -0.15) is 4.57 Å². The minimum absolute atomic E-state index is 0.943. The van der Waals surface area contributed by atoms with Gasteiger partial charge in [0.15, 0.2) is 6.20 Å². The SMILES string of the molecule is Cc1c(-c2ccc(N=Cc3ccccc3)c[n+]2C)ccc2ccccc12. The summed E-state index contributed by atoms with van der Waals surface area (Å²) in [6, 6.07) is 27.3. The number of hydrogen-bond donors (Lipinski definition) is 0. The Labute approximate surface area is 154 Å². The number of nitrogens with zero attached hydrogens (tertiary/aromatic N) is 2.